The molecule has 0 saturated heterocycles. The summed E-state index contributed by atoms with van der Waals surface area (Å²) in [4.78, 5) is 25.0. The van der Waals surface area contributed by atoms with Crippen molar-refractivity contribution in [2.75, 3.05) is 5.32 Å². The van der Waals surface area contributed by atoms with Crippen molar-refractivity contribution in [2.24, 2.45) is 0 Å². The molecule has 4 rings (SSSR count). The number of ketones is 1. The molecule has 0 atom stereocenters. The Morgan fingerprint density at radius 2 is 1.81 bits per heavy atom. The van der Waals surface area contributed by atoms with Gasteiger partial charge in [-0.2, -0.15) is 5.10 Å². The molecule has 5 nitrogen and oxygen atoms in total. The van der Waals surface area contributed by atoms with Crippen molar-refractivity contribution in [3.63, 3.8) is 0 Å². The van der Waals surface area contributed by atoms with E-state index in [0.29, 0.717) is 33.8 Å². The Morgan fingerprint density at radius 3 is 2.52 bits per heavy atom. The molecular weight excluding hydrogens is 410 g/mol. The lowest BCUT2D eigenvalue weighted by Crippen LogP contribution is -2.12. The van der Waals surface area contributed by atoms with Gasteiger partial charge in [-0.3, -0.25) is 9.59 Å². The molecule has 4 aromatic rings. The highest BCUT2D eigenvalue weighted by Gasteiger charge is 2.17. The van der Waals surface area contributed by atoms with Crippen molar-refractivity contribution in [3.8, 4) is 11.1 Å². The average molecular weight is 430 g/mol. The Hall–Kier alpha value is -3.70. The number of nitrogens with zero attached hydrogens (tertiary/aromatic N) is 1. The average Bonchev–Trinajstić information content (AvgIpc) is 2.75. The summed E-state index contributed by atoms with van der Waals surface area (Å²) in [7, 11) is 0. The summed E-state index contributed by atoms with van der Waals surface area (Å²) in [5.74, 6) is -0.109. The lowest BCUT2D eigenvalue weighted by Gasteiger charge is -2.17. The fourth-order valence-electron chi connectivity index (χ4n) is 3.53. The van der Waals surface area contributed by atoms with Crippen molar-refractivity contribution in [1.82, 2.24) is 10.2 Å². The van der Waals surface area contributed by atoms with Gasteiger partial charge in [-0.1, -0.05) is 48.0 Å². The number of hydrogen-bond donors (Lipinski definition) is 2. The first-order valence-electron chi connectivity index (χ1n) is 9.79. The second-order valence-corrected chi connectivity index (χ2v) is 7.64. The standard InChI is InChI=1S/C25H20ClN3O2/c1-16(30)22-15-23(21-10-11-27-29-25(21)31)18(12-17-6-3-2-4-7-17)13-24(22)28-20-9-5-8-19(26)14-20/h2-11,13-15,28H,12H2,1H3,(H,29,31). The third-order valence-corrected chi connectivity index (χ3v) is 5.22. The van der Waals surface area contributed by atoms with Gasteiger partial charge in [0.15, 0.2) is 5.78 Å². The Kier molecular flexibility index (Phi) is 5.96. The Bertz CT molecular complexity index is 1300. The van der Waals surface area contributed by atoms with Gasteiger partial charge >= 0.3 is 0 Å². The molecule has 0 amide bonds. The SMILES string of the molecule is CC(=O)c1cc(-c2ccn[nH]c2=O)c(Cc2ccccc2)cc1Nc1cccc(Cl)c1. The van der Waals surface area contributed by atoms with Crippen molar-refractivity contribution in [1.29, 1.82) is 0 Å². The van der Waals surface area contributed by atoms with E-state index < -0.39 is 0 Å². The Morgan fingerprint density at radius 1 is 1.00 bits per heavy atom. The first-order chi connectivity index (χ1) is 15.0. The summed E-state index contributed by atoms with van der Waals surface area (Å²) < 4.78 is 0. The fourth-order valence-corrected chi connectivity index (χ4v) is 3.72. The lowest BCUT2D eigenvalue weighted by molar-refractivity contribution is 0.101. The third-order valence-electron chi connectivity index (χ3n) is 4.98. The molecule has 0 radical (unpaired) electrons. The van der Waals surface area contributed by atoms with Gasteiger partial charge in [0.05, 0.1) is 5.56 Å². The maximum Gasteiger partial charge on any atom is 0.272 e. The zero-order valence-electron chi connectivity index (χ0n) is 16.9. The quantitative estimate of drug-likeness (QED) is 0.389. The van der Waals surface area contributed by atoms with Gasteiger partial charge in [-0.05, 0) is 66.4 Å². The normalized spacial score (nSPS) is 10.6. The van der Waals surface area contributed by atoms with Gasteiger partial charge in [0.25, 0.3) is 5.56 Å². The highest BCUT2D eigenvalue weighted by Crippen LogP contribution is 2.32. The van der Waals surface area contributed by atoms with Crippen molar-refractivity contribution < 1.29 is 4.79 Å². The number of rotatable bonds is 6. The molecule has 1 aromatic heterocycles. The van der Waals surface area contributed by atoms with Gasteiger partial charge < -0.3 is 5.32 Å². The minimum atomic E-state index is -0.304. The fraction of sp³-hybridized carbons (Fsp3) is 0.0800. The number of anilines is 2. The monoisotopic (exact) mass is 429 g/mol. The molecule has 3 aromatic carbocycles. The number of hydrogen-bond acceptors (Lipinski definition) is 4. The van der Waals surface area contributed by atoms with Gasteiger partial charge in [-0.25, -0.2) is 5.10 Å². The molecule has 0 aliphatic carbocycles. The molecule has 154 valence electrons. The van der Waals surface area contributed by atoms with Crippen LogP contribution in [0.5, 0.6) is 0 Å². The molecule has 0 aliphatic rings. The van der Waals surface area contributed by atoms with Crippen LogP contribution in [0.2, 0.25) is 5.02 Å². The second-order valence-electron chi connectivity index (χ2n) is 7.21. The van der Waals surface area contributed by atoms with Crippen LogP contribution in [0.4, 0.5) is 11.4 Å². The third kappa shape index (κ3) is 4.73. The first-order valence-corrected chi connectivity index (χ1v) is 10.2. The molecule has 2 N–H and O–H groups in total. The summed E-state index contributed by atoms with van der Waals surface area (Å²) in [6, 6.07) is 22.7. The van der Waals surface area contributed by atoms with Crippen LogP contribution in [0.15, 0.2) is 83.8 Å². The predicted molar refractivity (Wildman–Crippen MR) is 124 cm³/mol. The van der Waals surface area contributed by atoms with Crippen LogP contribution in [0, 0.1) is 0 Å². The van der Waals surface area contributed by atoms with E-state index in [4.69, 9.17) is 11.6 Å². The number of benzene rings is 3. The number of carbonyl (C=O) groups excluding carboxylic acids is 1. The number of aromatic amines is 1. The number of aromatic nitrogens is 2. The van der Waals surface area contributed by atoms with Gasteiger partial charge in [0.2, 0.25) is 0 Å². The molecule has 31 heavy (non-hydrogen) atoms. The largest absolute Gasteiger partial charge is 0.355 e. The smallest absolute Gasteiger partial charge is 0.272 e. The van der Waals surface area contributed by atoms with Crippen LogP contribution in [0.25, 0.3) is 11.1 Å². The van der Waals surface area contributed by atoms with Crippen LogP contribution >= 0.6 is 11.6 Å². The van der Waals surface area contributed by atoms with Crippen LogP contribution in [-0.4, -0.2) is 16.0 Å². The van der Waals surface area contributed by atoms with E-state index in [1.54, 1.807) is 24.3 Å². The van der Waals surface area contributed by atoms with E-state index in [9.17, 15) is 9.59 Å². The van der Waals surface area contributed by atoms with Gasteiger partial charge in [-0.15, -0.1) is 0 Å². The van der Waals surface area contributed by atoms with Crippen LogP contribution in [-0.2, 0) is 6.42 Å². The number of H-pyrrole nitrogens is 1. The summed E-state index contributed by atoms with van der Waals surface area (Å²) in [5.41, 5.74) is 4.80. The summed E-state index contributed by atoms with van der Waals surface area (Å²) >= 11 is 6.12. The maximum atomic E-state index is 12.5. The molecule has 0 fully saturated rings. The van der Waals surface area contributed by atoms with E-state index in [0.717, 1.165) is 16.8 Å². The topological polar surface area (TPSA) is 74.8 Å². The molecule has 0 saturated carbocycles. The molecule has 0 spiro atoms. The van der Waals surface area contributed by atoms with Crippen molar-refractivity contribution >= 4 is 28.8 Å². The number of nitrogens with one attached hydrogen (secondary N) is 2. The first kappa shape index (κ1) is 20.6. The maximum absolute atomic E-state index is 12.5. The number of carbonyl (C=O) groups is 1. The van der Waals surface area contributed by atoms with Gasteiger partial charge in [0, 0.05) is 28.2 Å². The highest BCUT2D eigenvalue weighted by atomic mass is 35.5. The highest BCUT2D eigenvalue weighted by molar-refractivity contribution is 6.30. The summed E-state index contributed by atoms with van der Waals surface area (Å²) in [5, 5.41) is 10.2. The number of halogens is 1. The lowest BCUT2D eigenvalue weighted by atomic mass is 9.91. The van der Waals surface area contributed by atoms with Crippen LogP contribution in [0.3, 0.4) is 0 Å². The van der Waals surface area contributed by atoms with Crippen LogP contribution < -0.4 is 10.9 Å². The van der Waals surface area contributed by atoms with Gasteiger partial charge in [0.1, 0.15) is 0 Å². The second kappa shape index (κ2) is 8.98. The van der Waals surface area contributed by atoms with E-state index >= 15 is 0 Å². The van der Waals surface area contributed by atoms with E-state index in [-0.39, 0.29) is 11.3 Å². The molecule has 1 heterocycles. The minimum absolute atomic E-state index is 0.109. The van der Waals surface area contributed by atoms with E-state index in [1.165, 1.54) is 13.1 Å². The van der Waals surface area contributed by atoms with E-state index in [2.05, 4.69) is 15.5 Å². The molecule has 0 bridgehead atoms. The predicted octanol–water partition coefficient (Wildman–Crippen LogP) is 5.63. The zero-order valence-corrected chi connectivity index (χ0v) is 17.6. The molecule has 0 aliphatic heterocycles. The summed E-state index contributed by atoms with van der Waals surface area (Å²) in [6.07, 6.45) is 2.13. The Labute approximate surface area is 184 Å². The molecule has 0 unspecified atom stereocenters. The Balaban J connectivity index is 1.89. The minimum Gasteiger partial charge on any atom is -0.355 e. The number of Topliss-reactive ketones (excluding diaryl/α,β-unsaturated/α-hetero) is 1. The van der Waals surface area contributed by atoms with E-state index in [1.807, 2.05) is 48.5 Å². The summed E-state index contributed by atoms with van der Waals surface area (Å²) in [6.45, 7) is 1.51. The molecular formula is C25H20ClN3O2. The molecule has 6 heteroatoms. The van der Waals surface area contributed by atoms with Crippen molar-refractivity contribution in [2.45, 2.75) is 13.3 Å². The zero-order chi connectivity index (χ0) is 21.8. The van der Waals surface area contributed by atoms with Crippen molar-refractivity contribution in [3.05, 3.63) is 111 Å². The van der Waals surface area contributed by atoms with Crippen LogP contribution in [0.1, 0.15) is 28.4 Å².